The zero-order valence-electron chi connectivity index (χ0n) is 65.1. The third-order valence-corrected chi connectivity index (χ3v) is 18.0. The van der Waals surface area contributed by atoms with E-state index in [2.05, 4.69) is 79.4 Å². The van der Waals surface area contributed by atoms with Crippen LogP contribution in [0, 0.1) is 17.8 Å². The average molecular weight is 1600 g/mol. The molecule has 0 spiro atoms. The van der Waals surface area contributed by atoms with Crippen molar-refractivity contribution in [2.45, 2.75) is 250 Å². The average Bonchev–Trinajstić information content (AvgIpc) is 1.50. The van der Waals surface area contributed by atoms with Crippen molar-refractivity contribution in [2.24, 2.45) is 57.1 Å². The van der Waals surface area contributed by atoms with Crippen LogP contribution in [0.3, 0.4) is 0 Å². The van der Waals surface area contributed by atoms with Crippen LogP contribution in [0.2, 0.25) is 0 Å². The zero-order valence-corrected chi connectivity index (χ0v) is 65.9. The molecule has 111 heavy (non-hydrogen) atoms. The Morgan fingerprint density at radius 1 is 0.505 bits per heavy atom. The van der Waals surface area contributed by atoms with Gasteiger partial charge in [-0.2, -0.15) is 11.8 Å². The number of aliphatic imine (C=N–C) groups is 1. The fourth-order valence-corrected chi connectivity index (χ4v) is 11.2. The fourth-order valence-electron chi connectivity index (χ4n) is 10.7. The number of amides is 16. The van der Waals surface area contributed by atoms with Gasteiger partial charge in [-0.1, -0.05) is 54.4 Å². The van der Waals surface area contributed by atoms with E-state index < -0.39 is 211 Å². The van der Waals surface area contributed by atoms with Gasteiger partial charge >= 0.3 is 0 Å². The summed E-state index contributed by atoms with van der Waals surface area (Å²) in [6.45, 7) is 11.3. The van der Waals surface area contributed by atoms with Crippen LogP contribution < -0.4 is 109 Å². The van der Waals surface area contributed by atoms with Crippen LogP contribution in [0.25, 0.3) is 0 Å². The number of aliphatic hydroxyl groups excluding tert-OH is 3. The normalized spacial score (nSPS) is 16.4. The van der Waals surface area contributed by atoms with Crippen LogP contribution in [-0.4, -0.2) is 263 Å². The Balaban J connectivity index is 0.0000295. The first-order valence-electron chi connectivity index (χ1n) is 37.0. The van der Waals surface area contributed by atoms with Crippen molar-refractivity contribution in [3.05, 3.63) is 0 Å². The molecule has 1 aliphatic rings. The maximum atomic E-state index is 14.4. The molecule has 0 aliphatic carbocycles. The number of unbranched alkanes of at least 4 members (excludes halogenated alkanes) is 2. The van der Waals surface area contributed by atoms with Gasteiger partial charge in [0.15, 0.2) is 5.96 Å². The summed E-state index contributed by atoms with van der Waals surface area (Å²) in [6, 6.07) is -17.4. The summed E-state index contributed by atoms with van der Waals surface area (Å²) in [5.74, 6) is -16.4. The molecule has 632 valence electrons. The molecule has 43 heteroatoms. The van der Waals surface area contributed by atoms with E-state index in [1.165, 1.54) is 11.8 Å². The van der Waals surface area contributed by atoms with Crippen LogP contribution in [-0.2, 0) is 81.5 Å². The number of nitrogens with one attached hydrogen (secondary N) is 14. The number of carbonyl (C=O) groups excluding carboxylic acids is 16. The Bertz CT molecular complexity index is 3110. The minimum atomic E-state index is -1.92. The molecule has 0 radical (unpaired) electrons. The van der Waals surface area contributed by atoms with Gasteiger partial charge in [-0.05, 0) is 134 Å². The first-order valence-corrected chi connectivity index (χ1v) is 38.4. The number of rotatable bonds is 54. The van der Waals surface area contributed by atoms with Gasteiger partial charge in [0.25, 0.3) is 5.97 Å². The van der Waals surface area contributed by atoms with Crippen molar-refractivity contribution in [2.75, 3.05) is 51.3 Å². The maximum Gasteiger partial charge on any atom is 0.300 e. The van der Waals surface area contributed by atoms with Gasteiger partial charge in [0.1, 0.15) is 72.5 Å². The molecule has 0 aromatic rings. The maximum absolute atomic E-state index is 14.4. The third-order valence-electron chi connectivity index (χ3n) is 17.4. The molecule has 0 saturated carbocycles. The van der Waals surface area contributed by atoms with Gasteiger partial charge in [0.2, 0.25) is 94.5 Å². The molecule has 1 heterocycles. The fraction of sp³-hybridized carbons (Fsp3) is 0.735. The number of guanidine groups is 1. The largest absolute Gasteiger partial charge is 0.481 e. The van der Waals surface area contributed by atoms with Crippen molar-refractivity contribution in [3.63, 3.8) is 0 Å². The molecule has 1 rings (SSSR count). The minimum absolute atomic E-state index is 0.0181. The highest BCUT2D eigenvalue weighted by molar-refractivity contribution is 7.98. The van der Waals surface area contributed by atoms with Crippen LogP contribution >= 0.6 is 11.8 Å². The Hall–Kier alpha value is -9.59. The molecule has 0 aromatic carbocycles. The van der Waals surface area contributed by atoms with Crippen molar-refractivity contribution in [1.29, 1.82) is 0 Å². The monoisotopic (exact) mass is 1600 g/mol. The molecule has 1 fully saturated rings. The number of nitrogens with two attached hydrogens (primary N) is 6. The van der Waals surface area contributed by atoms with Crippen molar-refractivity contribution >= 4 is 118 Å². The van der Waals surface area contributed by atoms with Gasteiger partial charge in [-0.15, -0.1) is 0 Å². The van der Waals surface area contributed by atoms with E-state index in [1.54, 1.807) is 47.8 Å². The van der Waals surface area contributed by atoms with Gasteiger partial charge in [0, 0.05) is 26.3 Å². The van der Waals surface area contributed by atoms with Crippen LogP contribution in [0.15, 0.2) is 4.99 Å². The van der Waals surface area contributed by atoms with E-state index in [4.69, 9.17) is 44.3 Å². The summed E-state index contributed by atoms with van der Waals surface area (Å²) in [5, 5.41) is 74.4. The zero-order chi connectivity index (χ0) is 84.8. The van der Waals surface area contributed by atoms with Crippen LogP contribution in [0.5, 0.6) is 0 Å². The smallest absolute Gasteiger partial charge is 0.300 e. The number of nitrogens with zero attached hydrogens (tertiary/aromatic N) is 1. The number of primary amides is 2. The lowest BCUT2D eigenvalue weighted by Gasteiger charge is -2.30. The quantitative estimate of drug-likeness (QED) is 0.0153. The molecule has 0 aromatic heterocycles. The summed E-state index contributed by atoms with van der Waals surface area (Å²) in [6.07, 6.45) is -0.0758. The minimum Gasteiger partial charge on any atom is -0.481 e. The summed E-state index contributed by atoms with van der Waals surface area (Å²) in [7, 11) is 0. The first kappa shape index (κ1) is 101. The number of carbonyl (C=O) groups is 17. The number of carboxylic acids is 1. The predicted molar refractivity (Wildman–Crippen MR) is 407 cm³/mol. The molecule has 16 atom stereocenters. The Labute approximate surface area is 650 Å². The summed E-state index contributed by atoms with van der Waals surface area (Å²) in [4.78, 5) is 228. The number of carboxylic acid groups (broad SMARTS) is 1. The molecule has 0 bridgehead atoms. The second-order valence-corrected chi connectivity index (χ2v) is 28.4. The molecule has 1 saturated heterocycles. The van der Waals surface area contributed by atoms with Crippen molar-refractivity contribution in [3.8, 4) is 0 Å². The highest BCUT2D eigenvalue weighted by Crippen LogP contribution is 2.16. The van der Waals surface area contributed by atoms with E-state index >= 15 is 0 Å². The van der Waals surface area contributed by atoms with Crippen LogP contribution in [0.4, 0.5) is 0 Å². The van der Waals surface area contributed by atoms with Crippen molar-refractivity contribution < 1.29 is 102 Å². The number of hydrogen-bond donors (Lipinski definition) is 24. The number of aliphatic hydroxyl groups is 3. The lowest BCUT2D eigenvalue weighted by molar-refractivity contribution is -0.138. The molecule has 0 unspecified atom stereocenters. The molecule has 16 amide bonds. The molecule has 1 aliphatic heterocycles. The lowest BCUT2D eigenvalue weighted by Crippen LogP contribution is -2.63. The molecule has 30 N–H and O–H groups in total. The second-order valence-electron chi connectivity index (χ2n) is 27.4. The first-order chi connectivity index (χ1) is 52.1. The Morgan fingerprint density at radius 3 is 1.33 bits per heavy atom. The van der Waals surface area contributed by atoms with Gasteiger partial charge in [-0.3, -0.25) is 86.5 Å². The van der Waals surface area contributed by atoms with E-state index in [-0.39, 0.29) is 108 Å². The predicted octanol–water partition coefficient (Wildman–Crippen LogP) is -8.37. The molecular weight excluding hydrogens is 1480 g/mol. The van der Waals surface area contributed by atoms with E-state index in [0.717, 1.165) is 20.8 Å². The van der Waals surface area contributed by atoms with E-state index in [0.29, 0.717) is 37.9 Å². The number of aliphatic carboxylic acids is 1. The summed E-state index contributed by atoms with van der Waals surface area (Å²) < 4.78 is 0. The van der Waals surface area contributed by atoms with E-state index in [1.807, 2.05) is 0 Å². The number of hydrogen-bond acceptors (Lipinski definition) is 24. The standard InChI is InChI=1S/C66H119N21O19S.C2H4O2/c1-10-34(5)50(85-59(100)43(24-28-107-9)77-48(93)30-74-55(96)42-21-23-47(92)76-42)62(103)75-31-49(94)84-52(36(7)89)64(105)82-44(29-33(3)4)60(101)87-53(37(8)90)65(106)83-45(32-88)61(102)80-39(17-12-14-25-67)57(98)79-41(19-16-27-73-66(71)72)58(99)86-51(35(6)11-2)63(104)81-40(18-13-15-26-68)56(97)78-38(54(70)95)20-22-46(69)91;1-2(3)4/h33-45,50-53,88-90H,10-32,67-68H2,1-9H3,(H2,69,91)(H2,70,95)(H,74,96)(H,75,103)(H,76,92)(H,77,93)(H,78,97)(H,79,98)(H,80,102)(H,81,104)(H,82,105)(H,83,106)(H,84,94)(H,85,100)(H,86,99)(H,87,101)(H4,71,72,73);1H3,(H,3,4)/t34-,35-,36+,37+,38-,39-,40-,41-,42-,43-,44-,45-,50-,51-,52-,53-;/m0./s1. The topological polar surface area (TPSA) is 708 Å². The van der Waals surface area contributed by atoms with Gasteiger partial charge < -0.3 is 129 Å². The second kappa shape index (κ2) is 54.9. The lowest BCUT2D eigenvalue weighted by atomic mass is 9.96. The Kier molecular flexibility index (Phi) is 50.2. The van der Waals surface area contributed by atoms with Crippen molar-refractivity contribution in [1.82, 2.24) is 74.4 Å². The molecule has 42 nitrogen and oxygen atoms in total. The van der Waals surface area contributed by atoms with Crippen LogP contribution in [0.1, 0.15) is 165 Å². The van der Waals surface area contributed by atoms with Gasteiger partial charge in [-0.25, -0.2) is 0 Å². The molecular formula is C68H123N21O21S. The number of thioether (sulfide) groups is 1. The van der Waals surface area contributed by atoms with E-state index in [9.17, 15) is 92.0 Å². The highest BCUT2D eigenvalue weighted by Gasteiger charge is 2.39. The summed E-state index contributed by atoms with van der Waals surface area (Å²) >= 11 is 1.37. The highest BCUT2D eigenvalue weighted by atomic mass is 32.2. The Morgan fingerprint density at radius 2 is 0.901 bits per heavy atom. The third kappa shape index (κ3) is 41.3. The SMILES string of the molecule is CC(=O)O.CC[C@H](C)[C@H](NC(=O)[C@H](CCSC)NC(=O)CNC(=O)[C@@H]1CCC(=O)N1)C(=O)NCC(=O)N[C@H](C(=O)N[C@@H](CC(C)C)C(=O)N[C@H](C(=O)N[C@@H](CO)C(=O)N[C@@H](CCCCN)C(=O)N[C@@H](CCCN=C(N)N)C(=O)N[C@H](C(=O)N[C@@H](CCCCN)C(=O)N[C@@H](CCC(N)=O)C(N)=O)[C@@H](C)CC)[C@@H](C)O)[C@@H](C)O. The van der Waals surface area contributed by atoms with Gasteiger partial charge in [0.05, 0.1) is 31.9 Å². The summed E-state index contributed by atoms with van der Waals surface area (Å²) in [5.41, 5.74) is 33.3.